The summed E-state index contributed by atoms with van der Waals surface area (Å²) in [6, 6.07) is 8.20. The van der Waals surface area contributed by atoms with Gasteiger partial charge in [0.2, 0.25) is 0 Å². The Morgan fingerprint density at radius 2 is 1.73 bits per heavy atom. The number of anilines is 1. The first-order chi connectivity index (χ1) is 12.2. The maximum absolute atomic E-state index is 14.3. The number of pyridine rings is 1. The van der Waals surface area contributed by atoms with E-state index in [-0.39, 0.29) is 11.2 Å². The molecule has 2 fully saturated rings. The van der Waals surface area contributed by atoms with Gasteiger partial charge in [0, 0.05) is 31.4 Å². The summed E-state index contributed by atoms with van der Waals surface area (Å²) in [4.78, 5) is 6.11. The summed E-state index contributed by atoms with van der Waals surface area (Å²) in [5, 5.41) is 0. The van der Waals surface area contributed by atoms with Gasteiger partial charge >= 0.3 is 0 Å². The molecule has 0 spiro atoms. The van der Waals surface area contributed by atoms with Crippen molar-refractivity contribution in [3.05, 3.63) is 47.9 Å². The zero-order valence-electron chi connectivity index (χ0n) is 15.0. The zero-order chi connectivity index (χ0) is 18.7. The molecule has 2 aromatic rings. The molecule has 1 aliphatic carbocycles. The van der Waals surface area contributed by atoms with Gasteiger partial charge in [-0.25, -0.2) is 18.2 Å². The van der Waals surface area contributed by atoms with Crippen molar-refractivity contribution in [1.29, 1.82) is 0 Å². The minimum atomic E-state index is -2.52. The number of piperidine rings is 1. The fraction of sp³-hybridized carbons (Fsp3) is 0.450. The molecule has 3 nitrogen and oxygen atoms in total. The maximum atomic E-state index is 14.3. The van der Waals surface area contributed by atoms with Crippen molar-refractivity contribution in [3.63, 3.8) is 0 Å². The van der Waals surface area contributed by atoms with Crippen LogP contribution in [0.2, 0.25) is 0 Å². The van der Waals surface area contributed by atoms with Crippen LogP contribution < -0.4 is 9.64 Å². The molecule has 138 valence electrons. The van der Waals surface area contributed by atoms with Crippen LogP contribution in [0, 0.1) is 17.7 Å². The van der Waals surface area contributed by atoms with Gasteiger partial charge < -0.3 is 9.64 Å². The highest BCUT2D eigenvalue weighted by Gasteiger charge is 2.71. The predicted molar refractivity (Wildman–Crippen MR) is 93.6 cm³/mol. The smallest absolute Gasteiger partial charge is 0.258 e. The molecule has 2 unspecified atom stereocenters. The standard InChI is InChI=1S/C20H21F3N2O/c1-19(2,3)14-5-4-12(8-17(14)21)26-13-6-7-24-18(9-13)25-10-15-16(11-25)20(15,22)23/h4-9,15-16H,10-11H2,1-3H3. The highest BCUT2D eigenvalue weighted by molar-refractivity contribution is 5.48. The van der Waals surface area contributed by atoms with E-state index in [4.69, 9.17) is 4.74 Å². The molecule has 26 heavy (non-hydrogen) atoms. The number of nitrogens with zero attached hydrogens (tertiary/aromatic N) is 2. The number of fused-ring (bicyclic) bond motifs is 1. The van der Waals surface area contributed by atoms with E-state index in [0.29, 0.717) is 36.0 Å². The van der Waals surface area contributed by atoms with E-state index in [0.717, 1.165) is 0 Å². The Hall–Kier alpha value is -2.24. The molecule has 2 atom stereocenters. The number of hydrogen-bond donors (Lipinski definition) is 0. The van der Waals surface area contributed by atoms with E-state index in [2.05, 4.69) is 4.98 Å². The average Bonchev–Trinajstić information content (AvgIpc) is 2.91. The van der Waals surface area contributed by atoms with Crippen LogP contribution >= 0.6 is 0 Å². The highest BCUT2D eigenvalue weighted by atomic mass is 19.3. The van der Waals surface area contributed by atoms with Gasteiger partial charge in [0.05, 0.1) is 11.8 Å². The number of rotatable bonds is 3. The first kappa shape index (κ1) is 17.2. The second-order valence-electron chi connectivity index (χ2n) is 8.14. The third-order valence-electron chi connectivity index (χ3n) is 5.22. The van der Waals surface area contributed by atoms with E-state index in [1.165, 1.54) is 6.07 Å². The van der Waals surface area contributed by atoms with Crippen LogP contribution in [0.1, 0.15) is 26.3 Å². The zero-order valence-corrected chi connectivity index (χ0v) is 15.0. The molecule has 1 saturated heterocycles. The molecule has 0 N–H and O–H groups in total. The number of alkyl halides is 2. The first-order valence-electron chi connectivity index (χ1n) is 8.73. The van der Waals surface area contributed by atoms with Gasteiger partial charge in [-0.05, 0) is 23.1 Å². The molecule has 1 aromatic heterocycles. The van der Waals surface area contributed by atoms with Crippen molar-refractivity contribution in [2.24, 2.45) is 11.8 Å². The Balaban J connectivity index is 1.49. The van der Waals surface area contributed by atoms with Crippen molar-refractivity contribution >= 4 is 5.82 Å². The third-order valence-corrected chi connectivity index (χ3v) is 5.22. The van der Waals surface area contributed by atoms with E-state index < -0.39 is 17.8 Å². The Morgan fingerprint density at radius 1 is 1.08 bits per heavy atom. The summed E-state index contributed by atoms with van der Waals surface area (Å²) in [5.74, 6) is -2.45. The molecule has 6 heteroatoms. The van der Waals surface area contributed by atoms with E-state index in [9.17, 15) is 13.2 Å². The summed E-state index contributed by atoms with van der Waals surface area (Å²) < 4.78 is 46.8. The summed E-state index contributed by atoms with van der Waals surface area (Å²) in [6.45, 7) is 6.47. The van der Waals surface area contributed by atoms with Gasteiger partial charge in [0.25, 0.3) is 5.92 Å². The quantitative estimate of drug-likeness (QED) is 0.767. The Labute approximate surface area is 150 Å². The molecule has 0 radical (unpaired) electrons. The van der Waals surface area contributed by atoms with Crippen LogP contribution in [0.4, 0.5) is 19.0 Å². The van der Waals surface area contributed by atoms with Gasteiger partial charge in [-0.15, -0.1) is 0 Å². The van der Waals surface area contributed by atoms with Crippen LogP contribution in [0.5, 0.6) is 11.5 Å². The van der Waals surface area contributed by atoms with Crippen LogP contribution in [0.15, 0.2) is 36.5 Å². The minimum absolute atomic E-state index is 0.287. The predicted octanol–water partition coefficient (Wildman–Crippen LogP) is 5.01. The van der Waals surface area contributed by atoms with Crippen LogP contribution in [0.3, 0.4) is 0 Å². The fourth-order valence-corrected chi connectivity index (χ4v) is 3.63. The lowest BCUT2D eigenvalue weighted by Crippen LogP contribution is -2.27. The van der Waals surface area contributed by atoms with Gasteiger partial charge in [-0.3, -0.25) is 0 Å². The fourth-order valence-electron chi connectivity index (χ4n) is 3.63. The minimum Gasteiger partial charge on any atom is -0.457 e. The molecule has 0 amide bonds. The lowest BCUT2D eigenvalue weighted by atomic mass is 9.87. The Morgan fingerprint density at radius 3 is 2.35 bits per heavy atom. The monoisotopic (exact) mass is 362 g/mol. The van der Waals surface area contributed by atoms with Crippen molar-refractivity contribution in [2.45, 2.75) is 32.1 Å². The van der Waals surface area contributed by atoms with E-state index >= 15 is 0 Å². The number of benzene rings is 1. The molecule has 4 rings (SSSR count). The second-order valence-corrected chi connectivity index (χ2v) is 8.14. The van der Waals surface area contributed by atoms with Crippen molar-refractivity contribution in [3.8, 4) is 11.5 Å². The Kier molecular flexibility index (Phi) is 3.72. The summed E-state index contributed by atoms with van der Waals surface area (Å²) in [5.41, 5.74) is 0.336. The van der Waals surface area contributed by atoms with Gasteiger partial charge in [-0.1, -0.05) is 26.8 Å². The highest BCUT2D eigenvalue weighted by Crippen LogP contribution is 2.59. The number of halogens is 3. The lowest BCUT2D eigenvalue weighted by molar-refractivity contribution is 0.0797. The molecule has 1 saturated carbocycles. The molecule has 1 aliphatic heterocycles. The molecular formula is C20H21F3N2O. The normalized spacial score (nSPS) is 23.7. The summed E-state index contributed by atoms with van der Waals surface area (Å²) in [6.07, 6.45) is 1.58. The topological polar surface area (TPSA) is 25.4 Å². The van der Waals surface area contributed by atoms with Gasteiger partial charge in [0.1, 0.15) is 23.1 Å². The number of hydrogen-bond acceptors (Lipinski definition) is 3. The number of ether oxygens (including phenoxy) is 1. The van der Waals surface area contributed by atoms with Crippen LogP contribution in [0.25, 0.3) is 0 Å². The molecule has 0 bridgehead atoms. The molecular weight excluding hydrogens is 341 g/mol. The van der Waals surface area contributed by atoms with Gasteiger partial charge in [-0.2, -0.15) is 0 Å². The summed E-state index contributed by atoms with van der Waals surface area (Å²) in [7, 11) is 0. The van der Waals surface area contributed by atoms with E-state index in [1.54, 1.807) is 30.5 Å². The lowest BCUT2D eigenvalue weighted by Gasteiger charge is -2.21. The van der Waals surface area contributed by atoms with Gasteiger partial charge in [0.15, 0.2) is 0 Å². The van der Waals surface area contributed by atoms with Crippen LogP contribution in [-0.4, -0.2) is 24.0 Å². The third kappa shape index (κ3) is 2.91. The van der Waals surface area contributed by atoms with E-state index in [1.807, 2.05) is 25.7 Å². The van der Waals surface area contributed by atoms with Crippen molar-refractivity contribution in [2.75, 3.05) is 18.0 Å². The molecule has 2 aliphatic rings. The summed E-state index contributed by atoms with van der Waals surface area (Å²) >= 11 is 0. The molecule has 1 aromatic carbocycles. The second kappa shape index (κ2) is 5.63. The first-order valence-corrected chi connectivity index (χ1v) is 8.73. The Bertz CT molecular complexity index is 833. The maximum Gasteiger partial charge on any atom is 0.258 e. The number of aromatic nitrogens is 1. The largest absolute Gasteiger partial charge is 0.457 e. The average molecular weight is 362 g/mol. The SMILES string of the molecule is CC(C)(C)c1ccc(Oc2ccnc(N3CC4C(C3)C4(F)F)c2)cc1F. The van der Waals surface area contributed by atoms with Crippen molar-refractivity contribution < 1.29 is 17.9 Å². The van der Waals surface area contributed by atoms with Crippen LogP contribution in [-0.2, 0) is 5.41 Å². The van der Waals surface area contributed by atoms with Crippen molar-refractivity contribution in [1.82, 2.24) is 4.98 Å². The molecule has 2 heterocycles.